The van der Waals surface area contributed by atoms with E-state index in [0.717, 1.165) is 5.57 Å². The molecule has 0 spiro atoms. The van der Waals surface area contributed by atoms with Crippen LogP contribution in [-0.2, 0) is 19.0 Å². The van der Waals surface area contributed by atoms with Crippen LogP contribution >= 0.6 is 0 Å². The zero-order chi connectivity index (χ0) is 11.6. The summed E-state index contributed by atoms with van der Waals surface area (Å²) in [5, 5.41) is 0. The summed E-state index contributed by atoms with van der Waals surface area (Å²) in [4.78, 5) is 11.8. The van der Waals surface area contributed by atoms with Gasteiger partial charge >= 0.3 is 0 Å². The zero-order valence-electron chi connectivity index (χ0n) is 9.55. The molecule has 0 bridgehead atoms. The number of ether oxygens (including phenoxy) is 3. The lowest BCUT2D eigenvalue weighted by molar-refractivity contribution is -0.149. The Bertz CT molecular complexity index is 329. The van der Waals surface area contributed by atoms with Gasteiger partial charge in [-0.3, -0.25) is 4.79 Å². The molecule has 0 aromatic carbocycles. The van der Waals surface area contributed by atoms with E-state index in [-0.39, 0.29) is 11.5 Å². The van der Waals surface area contributed by atoms with Crippen molar-refractivity contribution in [3.05, 3.63) is 23.7 Å². The minimum atomic E-state index is -1.02. The fourth-order valence-electron chi connectivity index (χ4n) is 1.80. The van der Waals surface area contributed by atoms with Crippen LogP contribution in [0.25, 0.3) is 0 Å². The van der Waals surface area contributed by atoms with Crippen LogP contribution in [0.3, 0.4) is 0 Å². The van der Waals surface area contributed by atoms with Crippen molar-refractivity contribution >= 4 is 5.78 Å². The number of carbonyl (C=O) groups excluding carboxylic acids is 1. The number of hydrogen-bond donors (Lipinski definition) is 0. The van der Waals surface area contributed by atoms with Crippen LogP contribution in [0.1, 0.15) is 13.3 Å². The van der Waals surface area contributed by atoms with Crippen molar-refractivity contribution in [1.29, 1.82) is 0 Å². The van der Waals surface area contributed by atoms with Gasteiger partial charge in [0.25, 0.3) is 0 Å². The van der Waals surface area contributed by atoms with Crippen molar-refractivity contribution in [1.82, 2.24) is 0 Å². The van der Waals surface area contributed by atoms with Gasteiger partial charge in [0.2, 0.25) is 11.5 Å². The third-order valence-corrected chi connectivity index (χ3v) is 2.45. The van der Waals surface area contributed by atoms with E-state index in [0.29, 0.717) is 12.2 Å². The number of Topliss-reactive ketones (excluding diaryl/α,β-unsaturated/α-hetero) is 1. The van der Waals surface area contributed by atoms with Gasteiger partial charge in [0, 0.05) is 13.5 Å². The van der Waals surface area contributed by atoms with Gasteiger partial charge in [-0.05, 0) is 6.92 Å². The van der Waals surface area contributed by atoms with Gasteiger partial charge in [-0.1, -0.05) is 5.57 Å². The van der Waals surface area contributed by atoms with Crippen LogP contribution in [0.5, 0.6) is 0 Å². The molecule has 0 aliphatic heterocycles. The molecule has 0 saturated carbocycles. The lowest BCUT2D eigenvalue weighted by Crippen LogP contribution is -2.53. The lowest BCUT2D eigenvalue weighted by atomic mass is 9.78. The number of hydrogen-bond acceptors (Lipinski definition) is 4. The van der Waals surface area contributed by atoms with Crippen LogP contribution in [-0.4, -0.2) is 32.7 Å². The maximum atomic E-state index is 11.8. The van der Waals surface area contributed by atoms with Crippen LogP contribution < -0.4 is 0 Å². The average molecular weight is 212 g/mol. The Labute approximate surface area is 89.5 Å². The first-order valence-corrected chi connectivity index (χ1v) is 4.60. The molecular formula is C11H16O4. The van der Waals surface area contributed by atoms with Crippen LogP contribution in [0.4, 0.5) is 0 Å². The van der Waals surface area contributed by atoms with Crippen molar-refractivity contribution in [2.75, 3.05) is 21.3 Å². The maximum Gasteiger partial charge on any atom is 0.240 e. The van der Waals surface area contributed by atoms with Crippen molar-refractivity contribution in [3.63, 3.8) is 0 Å². The molecule has 0 aromatic heterocycles. The highest BCUT2D eigenvalue weighted by atomic mass is 16.6. The monoisotopic (exact) mass is 212 g/mol. The molecule has 0 saturated heterocycles. The van der Waals surface area contributed by atoms with Gasteiger partial charge in [0.1, 0.15) is 0 Å². The lowest BCUT2D eigenvalue weighted by Gasteiger charge is -2.40. The summed E-state index contributed by atoms with van der Waals surface area (Å²) in [5.41, 5.74) is -0.166. The van der Waals surface area contributed by atoms with Gasteiger partial charge in [-0.15, -0.1) is 6.58 Å². The Balaban J connectivity index is 3.08. The zero-order valence-corrected chi connectivity index (χ0v) is 9.55. The van der Waals surface area contributed by atoms with E-state index in [1.54, 1.807) is 0 Å². The summed E-state index contributed by atoms with van der Waals surface area (Å²) in [6, 6.07) is 0. The highest BCUT2D eigenvalue weighted by Gasteiger charge is 2.57. The standard InChI is InChI=1S/C11H16O4/c1-7(2)6-11(15-5)9(12)8(13-3)10(11)14-4/h1,6H2,2-5H3. The first-order valence-electron chi connectivity index (χ1n) is 4.60. The van der Waals surface area contributed by atoms with E-state index in [4.69, 9.17) is 14.2 Å². The molecule has 1 unspecified atom stereocenters. The van der Waals surface area contributed by atoms with E-state index in [1.807, 2.05) is 6.92 Å². The second-order valence-electron chi connectivity index (χ2n) is 3.56. The van der Waals surface area contributed by atoms with Gasteiger partial charge in [0.15, 0.2) is 11.4 Å². The number of carbonyl (C=O) groups is 1. The molecule has 4 nitrogen and oxygen atoms in total. The predicted octanol–water partition coefficient (Wildman–Crippen LogP) is 1.42. The van der Waals surface area contributed by atoms with E-state index in [2.05, 4.69) is 6.58 Å². The summed E-state index contributed by atoms with van der Waals surface area (Å²) < 4.78 is 15.3. The predicted molar refractivity (Wildman–Crippen MR) is 55.2 cm³/mol. The van der Waals surface area contributed by atoms with E-state index < -0.39 is 5.60 Å². The summed E-state index contributed by atoms with van der Waals surface area (Å²) in [6.45, 7) is 5.61. The summed E-state index contributed by atoms with van der Waals surface area (Å²) in [5.74, 6) is 0.494. The molecule has 84 valence electrons. The molecule has 1 aliphatic carbocycles. The van der Waals surface area contributed by atoms with Crippen molar-refractivity contribution in [2.45, 2.75) is 18.9 Å². The second-order valence-corrected chi connectivity index (χ2v) is 3.56. The Morgan fingerprint density at radius 2 is 1.93 bits per heavy atom. The molecular weight excluding hydrogens is 196 g/mol. The molecule has 1 atom stereocenters. The molecule has 0 amide bonds. The quantitative estimate of drug-likeness (QED) is 0.646. The second kappa shape index (κ2) is 4.06. The largest absolute Gasteiger partial charge is 0.494 e. The van der Waals surface area contributed by atoms with Crippen molar-refractivity contribution in [2.24, 2.45) is 0 Å². The molecule has 15 heavy (non-hydrogen) atoms. The highest BCUT2D eigenvalue weighted by Crippen LogP contribution is 2.42. The van der Waals surface area contributed by atoms with Crippen LogP contribution in [0.15, 0.2) is 23.7 Å². The van der Waals surface area contributed by atoms with Gasteiger partial charge in [0.05, 0.1) is 14.2 Å². The van der Waals surface area contributed by atoms with E-state index in [1.165, 1.54) is 21.3 Å². The molecule has 4 heteroatoms. The third-order valence-electron chi connectivity index (χ3n) is 2.45. The molecule has 0 fully saturated rings. The fourth-order valence-corrected chi connectivity index (χ4v) is 1.80. The number of ketones is 1. The molecule has 0 radical (unpaired) electrons. The van der Waals surface area contributed by atoms with Gasteiger partial charge in [-0.25, -0.2) is 0 Å². The maximum absolute atomic E-state index is 11.8. The van der Waals surface area contributed by atoms with Crippen LogP contribution in [0, 0.1) is 0 Å². The Kier molecular flexibility index (Phi) is 3.19. The molecule has 0 N–H and O–H groups in total. The van der Waals surface area contributed by atoms with E-state index in [9.17, 15) is 4.79 Å². The summed E-state index contributed by atoms with van der Waals surface area (Å²) in [6.07, 6.45) is 0.415. The Hall–Kier alpha value is -1.29. The minimum absolute atomic E-state index is 0.188. The first kappa shape index (κ1) is 11.8. The number of rotatable bonds is 5. The molecule has 1 aliphatic rings. The highest BCUT2D eigenvalue weighted by molar-refractivity contribution is 6.10. The average Bonchev–Trinajstić information content (AvgIpc) is 2.20. The normalized spacial score (nSPS) is 24.9. The molecule has 1 rings (SSSR count). The molecule has 0 heterocycles. The number of methoxy groups -OCH3 is 3. The van der Waals surface area contributed by atoms with Gasteiger partial charge < -0.3 is 14.2 Å². The fraction of sp³-hybridized carbons (Fsp3) is 0.545. The van der Waals surface area contributed by atoms with Crippen molar-refractivity contribution < 1.29 is 19.0 Å². The minimum Gasteiger partial charge on any atom is -0.494 e. The van der Waals surface area contributed by atoms with Gasteiger partial charge in [-0.2, -0.15) is 0 Å². The first-order chi connectivity index (χ1) is 7.03. The SMILES string of the molecule is C=C(C)CC1(OC)C(=O)C(OC)=C1OC. The summed E-state index contributed by atoms with van der Waals surface area (Å²) in [7, 11) is 4.41. The molecule has 0 aromatic rings. The third kappa shape index (κ3) is 1.55. The van der Waals surface area contributed by atoms with Crippen LogP contribution in [0.2, 0.25) is 0 Å². The Morgan fingerprint density at radius 1 is 1.33 bits per heavy atom. The summed E-state index contributed by atoms with van der Waals surface area (Å²) >= 11 is 0. The van der Waals surface area contributed by atoms with Crippen molar-refractivity contribution in [3.8, 4) is 0 Å². The Morgan fingerprint density at radius 3 is 2.27 bits per heavy atom. The topological polar surface area (TPSA) is 44.8 Å². The smallest absolute Gasteiger partial charge is 0.240 e. The van der Waals surface area contributed by atoms with E-state index >= 15 is 0 Å².